The van der Waals surface area contributed by atoms with E-state index in [9.17, 15) is 22.0 Å². The molecule has 0 bridgehead atoms. The Labute approximate surface area is 77.9 Å². The van der Waals surface area contributed by atoms with Crippen molar-refractivity contribution in [3.8, 4) is 0 Å². The van der Waals surface area contributed by atoms with Gasteiger partial charge in [-0.05, 0) is 0 Å². The standard InChI is InChI=1S/C7H9F5S/c1-2(7(10,11)12)3-4(8)6(13)5(3)9/h2-6,13H,1H3. The highest BCUT2D eigenvalue weighted by Gasteiger charge is 2.58. The molecule has 0 nitrogen and oxygen atoms in total. The molecule has 0 aromatic rings. The first-order valence-corrected chi connectivity index (χ1v) is 4.31. The third kappa shape index (κ3) is 1.78. The largest absolute Gasteiger partial charge is 0.392 e. The molecule has 0 radical (unpaired) electrons. The Kier molecular flexibility index (Phi) is 2.81. The van der Waals surface area contributed by atoms with E-state index in [0.717, 1.165) is 6.92 Å². The summed E-state index contributed by atoms with van der Waals surface area (Å²) < 4.78 is 61.7. The minimum atomic E-state index is -4.53. The lowest BCUT2D eigenvalue weighted by atomic mass is 9.72. The lowest BCUT2D eigenvalue weighted by Gasteiger charge is -2.44. The highest BCUT2D eigenvalue weighted by Crippen LogP contribution is 2.47. The Morgan fingerprint density at radius 1 is 1.15 bits per heavy atom. The van der Waals surface area contributed by atoms with E-state index in [4.69, 9.17) is 0 Å². The number of hydrogen-bond donors (Lipinski definition) is 1. The Morgan fingerprint density at radius 2 is 1.54 bits per heavy atom. The lowest BCUT2D eigenvalue weighted by molar-refractivity contribution is -0.210. The second-order valence-electron chi connectivity index (χ2n) is 3.29. The maximum Gasteiger partial charge on any atom is 0.392 e. The van der Waals surface area contributed by atoms with Crippen molar-refractivity contribution in [3.63, 3.8) is 0 Å². The highest BCUT2D eigenvalue weighted by atomic mass is 32.1. The Balaban J connectivity index is 2.64. The van der Waals surface area contributed by atoms with Crippen molar-refractivity contribution in [1.82, 2.24) is 0 Å². The molecule has 3 unspecified atom stereocenters. The molecular weight excluding hydrogens is 211 g/mol. The molecule has 3 atom stereocenters. The first-order valence-electron chi connectivity index (χ1n) is 3.79. The Morgan fingerprint density at radius 3 is 1.85 bits per heavy atom. The molecule has 0 heterocycles. The molecule has 1 aliphatic rings. The molecule has 0 spiro atoms. The minimum absolute atomic E-state index is 0.795. The molecular formula is C7H9F5S. The van der Waals surface area contributed by atoms with Gasteiger partial charge in [-0.3, -0.25) is 0 Å². The van der Waals surface area contributed by atoms with Crippen molar-refractivity contribution in [2.24, 2.45) is 11.8 Å². The number of hydrogen-bond acceptors (Lipinski definition) is 1. The first kappa shape index (κ1) is 11.1. The van der Waals surface area contributed by atoms with Crippen molar-refractivity contribution >= 4 is 12.6 Å². The van der Waals surface area contributed by atoms with Crippen LogP contribution in [-0.4, -0.2) is 23.8 Å². The van der Waals surface area contributed by atoms with Gasteiger partial charge in [0, 0.05) is 5.92 Å². The van der Waals surface area contributed by atoms with Gasteiger partial charge in [0.15, 0.2) is 0 Å². The van der Waals surface area contributed by atoms with Crippen LogP contribution in [0.25, 0.3) is 0 Å². The van der Waals surface area contributed by atoms with E-state index in [-0.39, 0.29) is 0 Å². The normalized spacial score (nSPS) is 42.7. The fraction of sp³-hybridized carbons (Fsp3) is 1.00. The van der Waals surface area contributed by atoms with Gasteiger partial charge >= 0.3 is 6.18 Å². The number of rotatable bonds is 1. The summed E-state index contributed by atoms with van der Waals surface area (Å²) in [6, 6.07) is 0. The SMILES string of the molecule is CC(C1C(F)C(S)C1F)C(F)(F)F. The van der Waals surface area contributed by atoms with Crippen molar-refractivity contribution in [2.45, 2.75) is 30.7 Å². The van der Waals surface area contributed by atoms with Gasteiger partial charge in [-0.15, -0.1) is 0 Å². The molecule has 0 aromatic carbocycles. The van der Waals surface area contributed by atoms with Gasteiger partial charge in [0.2, 0.25) is 0 Å². The second kappa shape index (κ2) is 3.29. The number of thiol groups is 1. The van der Waals surface area contributed by atoms with E-state index in [1.54, 1.807) is 0 Å². The van der Waals surface area contributed by atoms with Crippen LogP contribution in [0.5, 0.6) is 0 Å². The zero-order valence-corrected chi connectivity index (χ0v) is 7.62. The van der Waals surface area contributed by atoms with Crippen molar-refractivity contribution in [3.05, 3.63) is 0 Å². The van der Waals surface area contributed by atoms with Crippen LogP contribution in [0.2, 0.25) is 0 Å². The van der Waals surface area contributed by atoms with E-state index in [1.165, 1.54) is 0 Å². The molecule has 78 valence electrons. The summed E-state index contributed by atoms with van der Waals surface area (Å²) in [4.78, 5) is 0. The maximum absolute atomic E-state index is 12.8. The third-order valence-electron chi connectivity index (χ3n) is 2.48. The van der Waals surface area contributed by atoms with Crippen LogP contribution in [0.1, 0.15) is 6.92 Å². The molecule has 1 aliphatic carbocycles. The Hall–Kier alpha value is -0.0000000000000000555. The Bertz CT molecular complexity index is 182. The summed E-state index contributed by atoms with van der Waals surface area (Å²) >= 11 is 3.51. The van der Waals surface area contributed by atoms with Crippen LogP contribution in [0, 0.1) is 11.8 Å². The smallest absolute Gasteiger partial charge is 0.246 e. The average molecular weight is 220 g/mol. The predicted octanol–water partition coefficient (Wildman–Crippen LogP) is 2.79. The summed E-state index contributed by atoms with van der Waals surface area (Å²) in [6.45, 7) is 0.795. The summed E-state index contributed by atoms with van der Waals surface area (Å²) in [5.41, 5.74) is 0. The van der Waals surface area contributed by atoms with Crippen molar-refractivity contribution in [1.29, 1.82) is 0 Å². The molecule has 0 saturated heterocycles. The van der Waals surface area contributed by atoms with Crippen molar-refractivity contribution in [2.75, 3.05) is 0 Å². The molecule has 13 heavy (non-hydrogen) atoms. The minimum Gasteiger partial charge on any atom is -0.246 e. The molecule has 0 aromatic heterocycles. The molecule has 0 amide bonds. The first-order chi connectivity index (χ1) is 5.76. The fourth-order valence-electron chi connectivity index (χ4n) is 1.43. The maximum atomic E-state index is 12.8. The van der Waals surface area contributed by atoms with Gasteiger partial charge in [-0.1, -0.05) is 6.92 Å². The average Bonchev–Trinajstić information content (AvgIpc) is 2.02. The molecule has 0 N–H and O–H groups in total. The molecule has 6 heteroatoms. The van der Waals surface area contributed by atoms with Crippen LogP contribution in [-0.2, 0) is 0 Å². The van der Waals surface area contributed by atoms with E-state index < -0.39 is 35.6 Å². The van der Waals surface area contributed by atoms with Crippen LogP contribution < -0.4 is 0 Å². The monoisotopic (exact) mass is 220 g/mol. The van der Waals surface area contributed by atoms with Gasteiger partial charge in [0.05, 0.1) is 11.2 Å². The van der Waals surface area contributed by atoms with Gasteiger partial charge in [-0.25, -0.2) is 8.78 Å². The number of alkyl halides is 5. The van der Waals surface area contributed by atoms with Crippen LogP contribution in [0.15, 0.2) is 0 Å². The zero-order valence-electron chi connectivity index (χ0n) is 6.72. The lowest BCUT2D eigenvalue weighted by Crippen LogP contribution is -2.57. The van der Waals surface area contributed by atoms with Crippen LogP contribution in [0.3, 0.4) is 0 Å². The van der Waals surface area contributed by atoms with E-state index in [0.29, 0.717) is 0 Å². The topological polar surface area (TPSA) is 0 Å². The van der Waals surface area contributed by atoms with E-state index in [2.05, 4.69) is 12.6 Å². The van der Waals surface area contributed by atoms with E-state index in [1.807, 2.05) is 0 Å². The van der Waals surface area contributed by atoms with Gasteiger partial charge in [0.25, 0.3) is 0 Å². The van der Waals surface area contributed by atoms with Crippen molar-refractivity contribution < 1.29 is 22.0 Å². The molecule has 1 rings (SSSR count). The predicted molar refractivity (Wildman–Crippen MR) is 41.3 cm³/mol. The second-order valence-corrected chi connectivity index (χ2v) is 3.88. The van der Waals surface area contributed by atoms with Gasteiger partial charge < -0.3 is 0 Å². The molecule has 1 saturated carbocycles. The quantitative estimate of drug-likeness (QED) is 0.510. The summed E-state index contributed by atoms with van der Waals surface area (Å²) in [5, 5.41) is -1.20. The summed E-state index contributed by atoms with van der Waals surface area (Å²) in [6.07, 6.45) is -8.13. The molecule has 0 aliphatic heterocycles. The fourth-order valence-corrected chi connectivity index (χ4v) is 1.83. The molecule has 1 fully saturated rings. The van der Waals surface area contributed by atoms with Crippen LogP contribution >= 0.6 is 12.6 Å². The third-order valence-corrected chi connectivity index (χ3v) is 3.05. The highest BCUT2D eigenvalue weighted by molar-refractivity contribution is 7.81. The van der Waals surface area contributed by atoms with Crippen LogP contribution in [0.4, 0.5) is 22.0 Å². The van der Waals surface area contributed by atoms with Gasteiger partial charge in [-0.2, -0.15) is 25.8 Å². The summed E-state index contributed by atoms with van der Waals surface area (Å²) in [5.74, 6) is -3.52. The summed E-state index contributed by atoms with van der Waals surface area (Å²) in [7, 11) is 0. The van der Waals surface area contributed by atoms with E-state index >= 15 is 0 Å². The zero-order chi connectivity index (χ0) is 10.4. The van der Waals surface area contributed by atoms with Gasteiger partial charge in [0.1, 0.15) is 12.3 Å². The number of halogens is 5.